The lowest BCUT2D eigenvalue weighted by molar-refractivity contribution is -0.145. The zero-order chi connectivity index (χ0) is 25.7. The van der Waals surface area contributed by atoms with Crippen LogP contribution in [0.2, 0.25) is 0 Å². The highest BCUT2D eigenvalue weighted by Crippen LogP contribution is 2.37. The van der Waals surface area contributed by atoms with Crippen LogP contribution in [0.3, 0.4) is 0 Å². The largest absolute Gasteiger partial charge is 0.481 e. The third kappa shape index (κ3) is 5.54. The van der Waals surface area contributed by atoms with Crippen molar-refractivity contribution in [1.29, 1.82) is 0 Å². The maximum Gasteiger partial charge on any atom is 0.326 e. The Hall–Kier alpha value is -3.39. The Morgan fingerprint density at radius 2 is 1.69 bits per heavy atom. The first-order valence-electron chi connectivity index (χ1n) is 11.5. The summed E-state index contributed by atoms with van der Waals surface area (Å²) in [6, 6.07) is 11.8. The number of anilines is 1. The average Bonchev–Trinajstić information content (AvgIpc) is 3.75. The van der Waals surface area contributed by atoms with Crippen LogP contribution < -0.4 is 9.64 Å². The number of ether oxygens (including phenoxy) is 3. The van der Waals surface area contributed by atoms with E-state index in [9.17, 15) is 18.0 Å². The molecule has 2 aromatic carbocycles. The van der Waals surface area contributed by atoms with Gasteiger partial charge < -0.3 is 19.1 Å². The molecule has 1 amide bonds. The van der Waals surface area contributed by atoms with Gasteiger partial charge in [0.2, 0.25) is 15.9 Å². The number of carbonyl (C=O) groups is 2. The lowest BCUT2D eigenvalue weighted by atomic mass is 10.1. The normalized spacial score (nSPS) is 17.8. The number of carbonyl (C=O) groups excluding carboxylic acids is 2. The fourth-order valence-electron chi connectivity index (χ4n) is 4.03. The van der Waals surface area contributed by atoms with Crippen LogP contribution in [-0.4, -0.2) is 64.6 Å². The fraction of sp³-hybridized carbons (Fsp3) is 0.385. The van der Waals surface area contributed by atoms with Crippen LogP contribution in [0, 0.1) is 17.8 Å². The van der Waals surface area contributed by atoms with E-state index in [1.807, 2.05) is 0 Å². The van der Waals surface area contributed by atoms with E-state index in [4.69, 9.17) is 14.2 Å². The van der Waals surface area contributed by atoms with Gasteiger partial charge in [-0.05, 0) is 48.7 Å². The van der Waals surface area contributed by atoms with Crippen molar-refractivity contribution in [2.24, 2.45) is 5.92 Å². The van der Waals surface area contributed by atoms with Crippen molar-refractivity contribution in [1.82, 2.24) is 4.31 Å². The van der Waals surface area contributed by atoms with Crippen molar-refractivity contribution in [3.05, 3.63) is 54.1 Å². The van der Waals surface area contributed by atoms with Gasteiger partial charge in [0.15, 0.2) is 0 Å². The molecule has 1 aliphatic carbocycles. The van der Waals surface area contributed by atoms with E-state index in [-0.39, 0.29) is 36.4 Å². The maximum atomic E-state index is 13.8. The molecule has 9 nitrogen and oxygen atoms in total. The molecule has 0 spiro atoms. The molecule has 190 valence electrons. The summed E-state index contributed by atoms with van der Waals surface area (Å²) in [5.74, 6) is 5.07. The number of hydrogen-bond acceptors (Lipinski definition) is 7. The third-order valence-electron chi connectivity index (χ3n) is 6.06. The zero-order valence-corrected chi connectivity index (χ0v) is 21.0. The Kier molecular flexibility index (Phi) is 7.94. The summed E-state index contributed by atoms with van der Waals surface area (Å²) < 4.78 is 44.0. The molecule has 1 unspecified atom stereocenters. The molecule has 0 saturated heterocycles. The summed E-state index contributed by atoms with van der Waals surface area (Å²) in [6.45, 7) is 0.220. The molecule has 1 fully saturated rings. The second-order valence-corrected chi connectivity index (χ2v) is 10.4. The third-order valence-corrected chi connectivity index (χ3v) is 7.93. The number of esters is 1. The number of para-hydroxylation sites is 1. The summed E-state index contributed by atoms with van der Waals surface area (Å²) in [6.07, 6.45) is 1.57. The average molecular weight is 513 g/mol. The Bertz CT molecular complexity index is 1280. The summed E-state index contributed by atoms with van der Waals surface area (Å²) in [5, 5.41) is 0. The molecule has 4 rings (SSSR count). The molecule has 2 aromatic rings. The first-order chi connectivity index (χ1) is 17.4. The van der Waals surface area contributed by atoms with Crippen molar-refractivity contribution in [2.45, 2.75) is 30.3 Å². The second kappa shape index (κ2) is 11.1. The number of amides is 1. The van der Waals surface area contributed by atoms with Crippen LogP contribution in [0.5, 0.6) is 5.75 Å². The summed E-state index contributed by atoms with van der Waals surface area (Å²) >= 11 is 0. The quantitative estimate of drug-likeness (QED) is 0.414. The Labute approximate surface area is 211 Å². The van der Waals surface area contributed by atoms with Crippen LogP contribution in [0.4, 0.5) is 5.69 Å². The minimum absolute atomic E-state index is 0.00586. The van der Waals surface area contributed by atoms with E-state index in [1.165, 1.54) is 36.3 Å². The van der Waals surface area contributed by atoms with Crippen LogP contribution >= 0.6 is 0 Å². The van der Waals surface area contributed by atoms with Crippen molar-refractivity contribution in [2.75, 3.05) is 38.9 Å². The van der Waals surface area contributed by atoms with Crippen molar-refractivity contribution >= 4 is 27.6 Å². The highest BCUT2D eigenvalue weighted by molar-refractivity contribution is 7.89. The Balaban J connectivity index is 1.64. The topological polar surface area (TPSA) is 102 Å². The Morgan fingerprint density at radius 1 is 1.00 bits per heavy atom. The number of sulfonamides is 1. The number of nitrogens with zero attached hydrogens (tertiary/aromatic N) is 2. The number of benzene rings is 2. The first kappa shape index (κ1) is 25.7. The minimum atomic E-state index is -4.14. The number of rotatable bonds is 7. The number of fused-ring (bicyclic) bond motifs is 1. The number of methoxy groups -OCH3 is 2. The zero-order valence-electron chi connectivity index (χ0n) is 20.2. The highest BCUT2D eigenvalue weighted by Gasteiger charge is 2.44. The molecule has 10 heteroatoms. The van der Waals surface area contributed by atoms with E-state index in [0.29, 0.717) is 23.6 Å². The standard InChI is InChI=1S/C26H28N2O7S/c1-33-15-5-6-16-35-21-11-13-22(14-12-21)36(31,32)28-17-20-7-3-4-8-23(20)27(25(29)19-9-10-19)18-24(28)26(30)34-2/h3-4,7-8,11-14,19,24H,9-10,15-18H2,1-2H3. The van der Waals surface area contributed by atoms with E-state index in [1.54, 1.807) is 31.4 Å². The molecule has 2 aliphatic rings. The van der Waals surface area contributed by atoms with E-state index < -0.39 is 22.0 Å². The fourth-order valence-corrected chi connectivity index (χ4v) is 5.57. The molecule has 1 atom stereocenters. The highest BCUT2D eigenvalue weighted by atomic mass is 32.2. The molecule has 0 N–H and O–H groups in total. The van der Waals surface area contributed by atoms with Gasteiger partial charge in [-0.1, -0.05) is 30.0 Å². The lowest BCUT2D eigenvalue weighted by Gasteiger charge is -2.29. The van der Waals surface area contributed by atoms with Crippen molar-refractivity contribution in [3.8, 4) is 17.6 Å². The summed E-state index contributed by atoms with van der Waals surface area (Å²) in [5.41, 5.74) is 1.25. The summed E-state index contributed by atoms with van der Waals surface area (Å²) in [7, 11) is -1.39. The monoisotopic (exact) mass is 512 g/mol. The molecule has 1 saturated carbocycles. The molecule has 0 aromatic heterocycles. The maximum absolute atomic E-state index is 13.8. The van der Waals surface area contributed by atoms with Crippen molar-refractivity contribution in [3.63, 3.8) is 0 Å². The van der Waals surface area contributed by atoms with Crippen LogP contribution in [-0.2, 0) is 35.6 Å². The SMILES string of the molecule is COCC#CCOc1ccc(S(=O)(=O)N2Cc3ccccc3N(C(=O)C3CC3)CC2C(=O)OC)cc1. The van der Waals surface area contributed by atoms with Gasteiger partial charge >= 0.3 is 5.97 Å². The predicted molar refractivity (Wildman–Crippen MR) is 132 cm³/mol. The van der Waals surface area contributed by atoms with E-state index in [2.05, 4.69) is 11.8 Å². The molecule has 36 heavy (non-hydrogen) atoms. The van der Waals surface area contributed by atoms with Gasteiger partial charge in [-0.3, -0.25) is 9.59 Å². The Morgan fingerprint density at radius 3 is 2.36 bits per heavy atom. The van der Waals surface area contributed by atoms with Gasteiger partial charge in [0.1, 0.15) is 25.0 Å². The van der Waals surface area contributed by atoms with Gasteiger partial charge in [0.05, 0.1) is 18.6 Å². The molecule has 0 radical (unpaired) electrons. The van der Waals surface area contributed by atoms with Gasteiger partial charge in [0.25, 0.3) is 0 Å². The first-order valence-corrected chi connectivity index (χ1v) is 13.0. The van der Waals surface area contributed by atoms with Gasteiger partial charge in [-0.15, -0.1) is 0 Å². The van der Waals surface area contributed by atoms with Gasteiger partial charge in [0, 0.05) is 25.3 Å². The van der Waals surface area contributed by atoms with Gasteiger partial charge in [-0.2, -0.15) is 4.31 Å². The van der Waals surface area contributed by atoms with Crippen molar-refractivity contribution < 1.29 is 32.2 Å². The van der Waals surface area contributed by atoms with E-state index >= 15 is 0 Å². The van der Waals surface area contributed by atoms with Crippen LogP contribution in [0.1, 0.15) is 18.4 Å². The van der Waals surface area contributed by atoms with E-state index in [0.717, 1.165) is 17.1 Å². The smallest absolute Gasteiger partial charge is 0.326 e. The molecule has 1 aliphatic heterocycles. The molecular weight excluding hydrogens is 484 g/mol. The predicted octanol–water partition coefficient (Wildman–Crippen LogP) is 2.20. The van der Waals surface area contributed by atoms with Gasteiger partial charge in [-0.25, -0.2) is 8.42 Å². The lowest BCUT2D eigenvalue weighted by Crippen LogP contribution is -2.50. The summed E-state index contributed by atoms with van der Waals surface area (Å²) in [4.78, 5) is 27.5. The molecule has 1 heterocycles. The minimum Gasteiger partial charge on any atom is -0.481 e. The molecular formula is C26H28N2O7S. The van der Waals surface area contributed by atoms with Crippen LogP contribution in [0.15, 0.2) is 53.4 Å². The number of hydrogen-bond donors (Lipinski definition) is 0. The van der Waals surface area contributed by atoms with Crippen LogP contribution in [0.25, 0.3) is 0 Å². The second-order valence-electron chi connectivity index (χ2n) is 8.49. The molecule has 0 bridgehead atoms.